The molecule has 3 saturated heterocycles. The van der Waals surface area contributed by atoms with Crippen LogP contribution < -0.4 is 25.8 Å². The fourth-order valence-corrected chi connectivity index (χ4v) is 10.7. The number of aliphatic hydroxyl groups excluding tert-OH is 1. The zero-order valence-corrected chi connectivity index (χ0v) is 40.7. The van der Waals surface area contributed by atoms with Gasteiger partial charge in [-0.3, -0.25) is 24.4 Å². The van der Waals surface area contributed by atoms with Crippen LogP contribution in [0.1, 0.15) is 59.5 Å². The highest BCUT2D eigenvalue weighted by atomic mass is 32.5. The Bertz CT molecular complexity index is 2750. The van der Waals surface area contributed by atoms with Gasteiger partial charge in [-0.1, -0.05) is 79.7 Å². The van der Waals surface area contributed by atoms with E-state index in [0.29, 0.717) is 17.1 Å². The Kier molecular flexibility index (Phi) is 16.4. The molecule has 0 bridgehead atoms. The smallest absolute Gasteiger partial charge is 0.351 e. The number of nitrogens with zero attached hydrogens (tertiary/aromatic N) is 4. The largest absolute Gasteiger partial charge is 0.497 e. The third-order valence-corrected chi connectivity index (χ3v) is 14.7. The van der Waals surface area contributed by atoms with Crippen LogP contribution in [0.15, 0.2) is 126 Å². The fourth-order valence-electron chi connectivity index (χ4n) is 8.59. The Morgan fingerprint density at radius 2 is 1.48 bits per heavy atom. The molecule has 3 fully saturated rings. The van der Waals surface area contributed by atoms with E-state index in [9.17, 15) is 29.5 Å². The lowest BCUT2D eigenvalue weighted by atomic mass is 9.80. The second kappa shape index (κ2) is 22.8. The summed E-state index contributed by atoms with van der Waals surface area (Å²) in [5.41, 5.74) is 0.578. The zero-order chi connectivity index (χ0) is 50.1. The molecule has 3 aliphatic rings. The van der Waals surface area contributed by atoms with E-state index < -0.39 is 78.6 Å². The van der Waals surface area contributed by atoms with Gasteiger partial charge in [0.25, 0.3) is 5.91 Å². The van der Waals surface area contributed by atoms with E-state index in [1.807, 2.05) is 84.9 Å². The summed E-state index contributed by atoms with van der Waals surface area (Å²) in [6.45, 7) is -2.82. The van der Waals surface area contributed by atoms with E-state index in [1.54, 1.807) is 51.5 Å². The molecule has 0 spiro atoms. The lowest BCUT2D eigenvalue weighted by molar-refractivity contribution is -0.128. The minimum absolute atomic E-state index is 0.0102. The maximum Gasteiger partial charge on any atom is 0.351 e. The molecule has 4 amide bonds. The van der Waals surface area contributed by atoms with Gasteiger partial charge in [-0.2, -0.15) is 10.2 Å². The number of carbonyl (C=O) groups excluding carboxylic acids is 3. The van der Waals surface area contributed by atoms with Crippen molar-refractivity contribution >= 4 is 42.2 Å². The number of methoxy groups -OCH3 is 2. The maximum atomic E-state index is 13.8. The molecule has 8 atom stereocenters. The number of benzene rings is 4. The van der Waals surface area contributed by atoms with Crippen molar-refractivity contribution < 1.29 is 56.7 Å². The molecule has 0 radical (unpaired) electrons. The molecule has 5 aromatic rings. The number of urea groups is 1. The molecule has 4 aromatic carbocycles. The van der Waals surface area contributed by atoms with Crippen molar-refractivity contribution in [3.63, 3.8) is 0 Å². The summed E-state index contributed by atoms with van der Waals surface area (Å²) in [5, 5.41) is 25.6. The van der Waals surface area contributed by atoms with Crippen molar-refractivity contribution in [3.8, 4) is 17.6 Å². The number of anilines is 1. The van der Waals surface area contributed by atoms with Crippen molar-refractivity contribution in [3.05, 3.63) is 154 Å². The molecule has 8 rings (SSSR count). The van der Waals surface area contributed by atoms with Crippen LogP contribution in [-0.2, 0) is 50.0 Å². The van der Waals surface area contributed by atoms with Crippen molar-refractivity contribution in [2.24, 2.45) is 5.92 Å². The van der Waals surface area contributed by atoms with Gasteiger partial charge >= 0.3 is 18.4 Å². The van der Waals surface area contributed by atoms with Gasteiger partial charge in [0.1, 0.15) is 47.6 Å². The average molecular weight is 1010 g/mol. The number of carbonyl (C=O) groups is 3. The molecule has 3 aliphatic heterocycles. The first-order valence-corrected chi connectivity index (χ1v) is 25.4. The summed E-state index contributed by atoms with van der Waals surface area (Å²) in [5.74, 6) is -0.0819. The first-order chi connectivity index (χ1) is 34.3. The molecule has 4 heterocycles. The van der Waals surface area contributed by atoms with Gasteiger partial charge in [-0.05, 0) is 71.0 Å². The van der Waals surface area contributed by atoms with Gasteiger partial charge in [-0.25, -0.2) is 9.59 Å². The van der Waals surface area contributed by atoms with E-state index in [1.165, 1.54) is 21.7 Å². The molecule has 1 aromatic heterocycles. The van der Waals surface area contributed by atoms with Crippen molar-refractivity contribution in [2.75, 3.05) is 45.9 Å². The van der Waals surface area contributed by atoms with Crippen molar-refractivity contribution in [1.82, 2.24) is 19.8 Å². The quantitative estimate of drug-likeness (QED) is 0.0459. The van der Waals surface area contributed by atoms with Crippen LogP contribution in [0, 0.1) is 17.2 Å². The normalized spacial score (nSPS) is 23.1. The first kappa shape index (κ1) is 51.0. The van der Waals surface area contributed by atoms with E-state index >= 15 is 0 Å². The molecule has 3 N–H and O–H groups in total. The summed E-state index contributed by atoms with van der Waals surface area (Å²) in [4.78, 5) is 57.2. The van der Waals surface area contributed by atoms with Crippen LogP contribution in [-0.4, -0.2) is 109 Å². The Morgan fingerprint density at radius 1 is 0.859 bits per heavy atom. The van der Waals surface area contributed by atoms with Crippen molar-refractivity contribution in [1.29, 1.82) is 5.26 Å². The number of aliphatic hydroxyl groups is 1. The van der Waals surface area contributed by atoms with Gasteiger partial charge < -0.3 is 47.7 Å². The van der Waals surface area contributed by atoms with Crippen LogP contribution in [0.2, 0.25) is 0 Å². The van der Waals surface area contributed by atoms with Crippen LogP contribution >= 0.6 is 6.72 Å². The summed E-state index contributed by atoms with van der Waals surface area (Å²) in [6, 6.07) is 35.9. The molecule has 19 nitrogen and oxygen atoms in total. The monoisotopic (exact) mass is 1010 g/mol. The number of nitriles is 1. The molecular formula is C50H53N6O13PS. The third-order valence-electron chi connectivity index (χ3n) is 12.3. The Morgan fingerprint density at radius 3 is 2.10 bits per heavy atom. The fraction of sp³-hybridized carbons (Fsp3) is 0.360. The summed E-state index contributed by atoms with van der Waals surface area (Å²) in [7, 11) is 3.16. The van der Waals surface area contributed by atoms with E-state index in [4.69, 9.17) is 49.1 Å². The highest BCUT2D eigenvalue weighted by Crippen LogP contribution is 2.54. The Hall–Kier alpha value is -6.37. The Labute approximate surface area is 414 Å². The predicted octanol–water partition coefficient (Wildman–Crippen LogP) is 6.03. The van der Waals surface area contributed by atoms with Gasteiger partial charge in [0.05, 0.1) is 64.7 Å². The molecule has 372 valence electrons. The van der Waals surface area contributed by atoms with E-state index in [2.05, 4.69) is 15.6 Å². The number of aromatic nitrogens is 2. The number of hydrogen-bond donors (Lipinski definition) is 3. The number of nitrogens with one attached hydrogen (secondary N) is 2. The first-order valence-electron chi connectivity index (χ1n) is 22.8. The number of imide groups is 1. The summed E-state index contributed by atoms with van der Waals surface area (Å²) in [6.07, 6.45) is -4.58. The molecule has 0 aliphatic carbocycles. The summed E-state index contributed by atoms with van der Waals surface area (Å²) >= 11 is 6.04. The SMILES string of the molecule is COc1ccc(C(OC[C@H]2O[C@@H](n3ccc(NC(=O)c4ccccc4)nc3=O)C[C@@H]2OP(=S)(OCCC#N)OC[C@H]2O[C@@H](N3CC(C)C(=O)NC3=O)C[C@@H]2O)(c2ccccc2)c2ccc(OC)cc2)cc1. The third kappa shape index (κ3) is 11.7. The number of hydrogen-bond acceptors (Lipinski definition) is 16. The van der Waals surface area contributed by atoms with Crippen LogP contribution in [0.4, 0.5) is 10.6 Å². The highest BCUT2D eigenvalue weighted by Gasteiger charge is 2.47. The molecule has 71 heavy (non-hydrogen) atoms. The molecule has 21 heteroatoms. The maximum absolute atomic E-state index is 13.8. The van der Waals surface area contributed by atoms with Crippen LogP contribution in [0.5, 0.6) is 11.5 Å². The average Bonchev–Trinajstić information content (AvgIpc) is 3.96. The van der Waals surface area contributed by atoms with E-state index in [0.717, 1.165) is 16.7 Å². The lowest BCUT2D eigenvalue weighted by Crippen LogP contribution is -2.57. The molecular weight excluding hydrogens is 956 g/mol. The lowest BCUT2D eigenvalue weighted by Gasteiger charge is -2.37. The standard InChI is InChI=1S/C50H53N6O13PS/c1-32-29-56(49(61)54-46(32)58)44-27-39(57)41(67-44)31-66-70(71,65-26-10-24-51)69-40-28-45(55-25-23-43(53-48(55)60)52-47(59)33-11-6-4-7-12-33)68-42(40)30-64-50(34-13-8-5-9-14-34,35-15-19-37(62-2)20-16-35)36-17-21-38(63-3)22-18-36/h4-9,11-23,25,32,39-42,44-45,57H,10,26-31H2,1-3H3,(H,54,58,61)(H,52,53,59,60)/t32?,39-,40-,41+,42+,44+,45+,70?/m0/s1. The number of ether oxygens (including phenoxy) is 5. The minimum Gasteiger partial charge on any atom is -0.497 e. The zero-order valence-electron chi connectivity index (χ0n) is 39.0. The van der Waals surface area contributed by atoms with Crippen LogP contribution in [0.25, 0.3) is 0 Å². The van der Waals surface area contributed by atoms with Gasteiger partial charge in [-0.15, -0.1) is 0 Å². The van der Waals surface area contributed by atoms with Crippen molar-refractivity contribution in [2.45, 2.75) is 68.7 Å². The molecule has 2 unspecified atom stereocenters. The molecule has 0 saturated carbocycles. The number of rotatable bonds is 20. The second-order valence-corrected chi connectivity index (χ2v) is 19.9. The highest BCUT2D eigenvalue weighted by molar-refractivity contribution is 8.07. The summed E-state index contributed by atoms with van der Waals surface area (Å²) < 4.78 is 51.4. The Balaban J connectivity index is 1.11. The van der Waals surface area contributed by atoms with Gasteiger partial charge in [0.15, 0.2) is 0 Å². The van der Waals surface area contributed by atoms with Gasteiger partial charge in [0, 0.05) is 31.1 Å². The minimum atomic E-state index is -3.90. The predicted molar refractivity (Wildman–Crippen MR) is 260 cm³/mol. The van der Waals surface area contributed by atoms with Crippen LogP contribution in [0.3, 0.4) is 0 Å². The topological polar surface area (TPSA) is 231 Å². The van der Waals surface area contributed by atoms with E-state index in [-0.39, 0.29) is 51.4 Å². The second-order valence-electron chi connectivity index (χ2n) is 16.9. The number of amides is 4. The van der Waals surface area contributed by atoms with Gasteiger partial charge in [0.2, 0.25) is 5.91 Å².